The fraction of sp³-hybridized carbons (Fsp3) is 0.905. The molecule has 0 aromatic carbocycles. The average molecular weight is 760 g/mol. The molecule has 0 rings (SSSR count). The first kappa shape index (κ1) is 50.8. The van der Waals surface area contributed by atoms with E-state index in [0.717, 1.165) is 51.4 Å². The number of ether oxygens (including phenoxy) is 2. The summed E-state index contributed by atoms with van der Waals surface area (Å²) in [6.45, 7) is 4.22. The minimum atomic E-state index is -4.62. The molecule has 0 aromatic heterocycles. The van der Waals surface area contributed by atoms with E-state index in [9.17, 15) is 19.0 Å². The number of hydrogen-bond acceptors (Lipinski definition) is 8. The second-order valence-corrected chi connectivity index (χ2v) is 17.1. The van der Waals surface area contributed by atoms with Gasteiger partial charge >= 0.3 is 11.9 Å². The molecule has 0 bridgehead atoms. The number of quaternary nitrogens is 1. The molecule has 0 aliphatic heterocycles. The molecule has 0 aliphatic rings. The van der Waals surface area contributed by atoms with E-state index >= 15 is 0 Å². The van der Waals surface area contributed by atoms with Gasteiger partial charge in [0.05, 0.1) is 27.7 Å². The number of hydrogen-bond donors (Lipinski definition) is 0. The van der Waals surface area contributed by atoms with Crippen LogP contribution in [-0.4, -0.2) is 70.0 Å². The van der Waals surface area contributed by atoms with Gasteiger partial charge in [0.15, 0.2) is 6.10 Å². The number of phosphoric ester groups is 1. The van der Waals surface area contributed by atoms with Crippen LogP contribution in [0.4, 0.5) is 0 Å². The molecule has 0 fully saturated rings. The van der Waals surface area contributed by atoms with Crippen LogP contribution in [0.5, 0.6) is 0 Å². The first-order valence-corrected chi connectivity index (χ1v) is 22.9. The highest BCUT2D eigenvalue weighted by atomic mass is 31.2. The Morgan fingerprint density at radius 3 is 1.42 bits per heavy atom. The fourth-order valence-electron chi connectivity index (χ4n) is 5.88. The van der Waals surface area contributed by atoms with E-state index in [1.165, 1.54) is 109 Å². The lowest BCUT2D eigenvalue weighted by Gasteiger charge is -2.28. The number of carbonyl (C=O) groups excluding carboxylic acids is 2. The highest BCUT2D eigenvalue weighted by Gasteiger charge is 2.21. The molecule has 0 saturated carbocycles. The Hall–Kier alpha value is -1.25. The predicted molar refractivity (Wildman–Crippen MR) is 213 cm³/mol. The molecule has 2 atom stereocenters. The van der Waals surface area contributed by atoms with Gasteiger partial charge in [0.25, 0.3) is 7.82 Å². The Morgan fingerprint density at radius 2 is 0.981 bits per heavy atom. The van der Waals surface area contributed by atoms with E-state index in [-0.39, 0.29) is 32.0 Å². The zero-order valence-corrected chi connectivity index (χ0v) is 35.4. The van der Waals surface area contributed by atoms with Gasteiger partial charge in [-0.2, -0.15) is 0 Å². The summed E-state index contributed by atoms with van der Waals surface area (Å²) >= 11 is 0. The van der Waals surface area contributed by atoms with Gasteiger partial charge in [0.2, 0.25) is 0 Å². The molecule has 0 aliphatic carbocycles. The van der Waals surface area contributed by atoms with Gasteiger partial charge in [-0.25, -0.2) is 0 Å². The van der Waals surface area contributed by atoms with E-state index in [4.69, 9.17) is 18.5 Å². The summed E-state index contributed by atoms with van der Waals surface area (Å²) in [5, 5.41) is 0. The van der Waals surface area contributed by atoms with Crippen LogP contribution in [0.2, 0.25) is 0 Å². The summed E-state index contributed by atoms with van der Waals surface area (Å²) in [5.41, 5.74) is 0. The standard InChI is InChI=1S/C42H82NO8P/c1-6-8-10-12-14-16-18-20-21-23-25-27-29-31-33-35-42(45)51-40(39-50-52(46,47)49-37-36-43(3,4)5)38-48-41(44)34-32-30-28-26-24-22-19-17-15-13-11-9-7-2/h20-21,40H,6-19,22-39H2,1-5H3/b21-20+/t40-/m1/s1. The molecule has 308 valence electrons. The van der Waals surface area contributed by atoms with E-state index in [0.29, 0.717) is 17.4 Å². The van der Waals surface area contributed by atoms with Crippen molar-refractivity contribution in [2.75, 3.05) is 47.5 Å². The summed E-state index contributed by atoms with van der Waals surface area (Å²) < 4.78 is 33.8. The smallest absolute Gasteiger partial charge is 0.306 e. The lowest BCUT2D eigenvalue weighted by atomic mass is 10.0. The molecule has 0 spiro atoms. The summed E-state index contributed by atoms with van der Waals surface area (Å²) in [7, 11) is 1.17. The molecule has 10 heteroatoms. The zero-order chi connectivity index (χ0) is 38.6. The normalized spacial score (nSPS) is 13.7. The van der Waals surface area contributed by atoms with Crippen LogP contribution in [0, 0.1) is 0 Å². The SMILES string of the molecule is CCCCCCCC/C=C/CCCCCCCC(=O)O[C@H](COC(=O)CCCCCCCCCCCCCCC)COP(=O)([O-])OCC[N+](C)(C)C. The Kier molecular flexibility index (Phi) is 34.6. The van der Waals surface area contributed by atoms with Crippen molar-refractivity contribution in [1.82, 2.24) is 0 Å². The Bertz CT molecular complexity index is 907. The van der Waals surface area contributed by atoms with Crippen molar-refractivity contribution in [2.45, 2.75) is 200 Å². The van der Waals surface area contributed by atoms with Crippen molar-refractivity contribution in [3.63, 3.8) is 0 Å². The zero-order valence-electron chi connectivity index (χ0n) is 34.5. The van der Waals surface area contributed by atoms with E-state index in [1.54, 1.807) is 0 Å². The quantitative estimate of drug-likeness (QED) is 0.0200. The van der Waals surface area contributed by atoms with Crippen molar-refractivity contribution in [2.24, 2.45) is 0 Å². The molecule has 0 saturated heterocycles. The van der Waals surface area contributed by atoms with Gasteiger partial charge in [-0.15, -0.1) is 0 Å². The number of phosphoric acid groups is 1. The third-order valence-corrected chi connectivity index (χ3v) is 10.2. The monoisotopic (exact) mass is 760 g/mol. The van der Waals surface area contributed by atoms with Crippen LogP contribution in [0.15, 0.2) is 12.2 Å². The first-order valence-electron chi connectivity index (χ1n) is 21.4. The van der Waals surface area contributed by atoms with Gasteiger partial charge in [0.1, 0.15) is 19.8 Å². The topological polar surface area (TPSA) is 111 Å². The second kappa shape index (κ2) is 35.5. The van der Waals surface area contributed by atoms with E-state index in [1.807, 2.05) is 21.1 Å². The van der Waals surface area contributed by atoms with Gasteiger partial charge in [-0.3, -0.25) is 14.2 Å². The number of nitrogens with zero attached hydrogens (tertiary/aromatic N) is 1. The summed E-state index contributed by atoms with van der Waals surface area (Å²) in [6.07, 6.45) is 35.1. The van der Waals surface area contributed by atoms with E-state index < -0.39 is 26.5 Å². The largest absolute Gasteiger partial charge is 0.756 e. The Labute approximate surface area is 320 Å². The van der Waals surface area contributed by atoms with Crippen LogP contribution >= 0.6 is 7.82 Å². The van der Waals surface area contributed by atoms with Gasteiger partial charge in [-0.1, -0.05) is 154 Å². The van der Waals surface area contributed by atoms with Crippen molar-refractivity contribution < 1.29 is 42.1 Å². The summed E-state index contributed by atoms with van der Waals surface area (Å²) in [4.78, 5) is 37.4. The first-order chi connectivity index (χ1) is 25.0. The molecular formula is C42H82NO8P. The molecule has 1 unspecified atom stereocenters. The van der Waals surface area contributed by atoms with Crippen LogP contribution in [-0.2, 0) is 32.7 Å². The van der Waals surface area contributed by atoms with Crippen LogP contribution in [0.3, 0.4) is 0 Å². The van der Waals surface area contributed by atoms with Crippen molar-refractivity contribution in [3.05, 3.63) is 12.2 Å². The maximum Gasteiger partial charge on any atom is 0.306 e. The lowest BCUT2D eigenvalue weighted by molar-refractivity contribution is -0.870. The van der Waals surface area contributed by atoms with Crippen molar-refractivity contribution in [1.29, 1.82) is 0 Å². The Morgan fingerprint density at radius 1 is 0.577 bits per heavy atom. The molecule has 0 amide bonds. The van der Waals surface area contributed by atoms with Gasteiger partial charge < -0.3 is 27.9 Å². The van der Waals surface area contributed by atoms with Crippen molar-refractivity contribution in [3.8, 4) is 0 Å². The highest BCUT2D eigenvalue weighted by Crippen LogP contribution is 2.38. The van der Waals surface area contributed by atoms with Crippen LogP contribution in [0.25, 0.3) is 0 Å². The second-order valence-electron chi connectivity index (χ2n) is 15.7. The third-order valence-electron chi connectivity index (χ3n) is 9.29. The molecule has 0 radical (unpaired) electrons. The lowest BCUT2D eigenvalue weighted by Crippen LogP contribution is -2.37. The van der Waals surface area contributed by atoms with E-state index in [2.05, 4.69) is 26.0 Å². The number of allylic oxidation sites excluding steroid dienone is 2. The molecular weight excluding hydrogens is 677 g/mol. The van der Waals surface area contributed by atoms with Crippen LogP contribution in [0.1, 0.15) is 194 Å². The molecule has 0 N–H and O–H groups in total. The van der Waals surface area contributed by atoms with Gasteiger partial charge in [0, 0.05) is 12.8 Å². The third kappa shape index (κ3) is 38.5. The maximum atomic E-state index is 12.6. The molecule has 9 nitrogen and oxygen atoms in total. The van der Waals surface area contributed by atoms with Crippen molar-refractivity contribution >= 4 is 19.8 Å². The van der Waals surface area contributed by atoms with Gasteiger partial charge in [-0.05, 0) is 38.5 Å². The minimum Gasteiger partial charge on any atom is -0.756 e. The fourth-order valence-corrected chi connectivity index (χ4v) is 6.61. The predicted octanol–water partition coefficient (Wildman–Crippen LogP) is 11.2. The summed E-state index contributed by atoms with van der Waals surface area (Å²) in [6, 6.07) is 0. The average Bonchev–Trinajstić information content (AvgIpc) is 3.09. The Balaban J connectivity index is 4.37. The highest BCUT2D eigenvalue weighted by molar-refractivity contribution is 7.45. The number of rotatable bonds is 39. The number of likely N-dealkylation sites (N-methyl/N-ethyl adjacent to an activating group) is 1. The summed E-state index contributed by atoms with van der Waals surface area (Å²) in [5.74, 6) is -0.837. The maximum absolute atomic E-state index is 12.6. The number of esters is 2. The molecule has 0 aromatic rings. The number of unbranched alkanes of at least 4 members (excludes halogenated alkanes) is 23. The van der Waals surface area contributed by atoms with Crippen LogP contribution < -0.4 is 4.89 Å². The molecule has 52 heavy (non-hydrogen) atoms. The molecule has 0 heterocycles. The minimum absolute atomic E-state index is 0.0294. The number of carbonyl (C=O) groups is 2.